The Bertz CT molecular complexity index is 845. The van der Waals surface area contributed by atoms with Crippen LogP contribution in [0, 0.1) is 13.8 Å². The quantitative estimate of drug-likeness (QED) is 0.723. The van der Waals surface area contributed by atoms with E-state index in [0.29, 0.717) is 11.4 Å². The minimum atomic E-state index is -0.595. The first kappa shape index (κ1) is 20.7. The molecule has 1 saturated heterocycles. The van der Waals surface area contributed by atoms with E-state index in [2.05, 4.69) is 10.2 Å². The Labute approximate surface area is 170 Å². The monoisotopic (exact) mass is 398 g/mol. The summed E-state index contributed by atoms with van der Waals surface area (Å²) in [6, 6.07) is 13.2. The van der Waals surface area contributed by atoms with Gasteiger partial charge in [-0.2, -0.15) is 0 Å². The molecule has 0 unspecified atom stereocenters. The van der Waals surface area contributed by atoms with Gasteiger partial charge in [0.1, 0.15) is 5.75 Å². The number of anilines is 2. The Morgan fingerprint density at radius 2 is 1.76 bits per heavy atom. The number of amides is 1. The first-order valence-electron chi connectivity index (χ1n) is 9.59. The van der Waals surface area contributed by atoms with Crippen LogP contribution in [0.3, 0.4) is 0 Å². The summed E-state index contributed by atoms with van der Waals surface area (Å²) in [5, 5.41) is 2.72. The highest BCUT2D eigenvalue weighted by Gasteiger charge is 2.12. The largest absolute Gasteiger partial charge is 0.482 e. The molecule has 0 bridgehead atoms. The van der Waals surface area contributed by atoms with E-state index in [0.717, 1.165) is 43.1 Å². The number of esters is 1. The summed E-state index contributed by atoms with van der Waals surface area (Å²) < 4.78 is 15.8. The average Bonchev–Trinajstić information content (AvgIpc) is 2.73. The van der Waals surface area contributed by atoms with Crippen molar-refractivity contribution in [1.82, 2.24) is 0 Å². The van der Waals surface area contributed by atoms with Gasteiger partial charge in [-0.25, -0.2) is 4.79 Å². The lowest BCUT2D eigenvalue weighted by molar-refractivity contribution is -0.149. The third-order valence-corrected chi connectivity index (χ3v) is 4.57. The van der Waals surface area contributed by atoms with E-state index < -0.39 is 11.9 Å². The predicted molar refractivity (Wildman–Crippen MR) is 110 cm³/mol. The molecule has 3 rings (SSSR count). The van der Waals surface area contributed by atoms with Gasteiger partial charge in [-0.15, -0.1) is 0 Å². The second-order valence-corrected chi connectivity index (χ2v) is 6.91. The van der Waals surface area contributed by atoms with E-state index in [1.54, 1.807) is 0 Å². The fourth-order valence-corrected chi connectivity index (χ4v) is 3.06. The molecule has 7 nitrogen and oxygen atoms in total. The van der Waals surface area contributed by atoms with Crippen molar-refractivity contribution in [1.29, 1.82) is 0 Å². The van der Waals surface area contributed by atoms with Crippen molar-refractivity contribution in [3.8, 4) is 5.75 Å². The second kappa shape index (κ2) is 9.93. The summed E-state index contributed by atoms with van der Waals surface area (Å²) in [5.74, 6) is -0.371. The number of carbonyl (C=O) groups is 2. The van der Waals surface area contributed by atoms with Crippen LogP contribution >= 0.6 is 0 Å². The Balaban J connectivity index is 1.40. The van der Waals surface area contributed by atoms with Crippen LogP contribution in [0.1, 0.15) is 11.1 Å². The lowest BCUT2D eigenvalue weighted by atomic mass is 10.1. The molecule has 2 aromatic rings. The Hall–Kier alpha value is -3.06. The smallest absolute Gasteiger partial charge is 0.344 e. The molecule has 0 spiro atoms. The van der Waals surface area contributed by atoms with Crippen molar-refractivity contribution < 1.29 is 23.8 Å². The van der Waals surface area contributed by atoms with Crippen LogP contribution in [-0.2, 0) is 19.1 Å². The molecule has 0 radical (unpaired) electrons. The van der Waals surface area contributed by atoms with Crippen molar-refractivity contribution in [2.45, 2.75) is 13.8 Å². The van der Waals surface area contributed by atoms with Gasteiger partial charge in [0.05, 0.1) is 13.2 Å². The van der Waals surface area contributed by atoms with Crippen molar-refractivity contribution in [2.24, 2.45) is 0 Å². The van der Waals surface area contributed by atoms with Crippen LogP contribution in [0.15, 0.2) is 42.5 Å². The number of hydrogen-bond donors (Lipinski definition) is 1. The highest BCUT2D eigenvalue weighted by atomic mass is 16.6. The van der Waals surface area contributed by atoms with Gasteiger partial charge in [0.25, 0.3) is 5.91 Å². The minimum Gasteiger partial charge on any atom is -0.482 e. The topological polar surface area (TPSA) is 77.1 Å². The summed E-state index contributed by atoms with van der Waals surface area (Å²) in [5.41, 5.74) is 3.79. The van der Waals surface area contributed by atoms with Gasteiger partial charge in [-0.3, -0.25) is 4.79 Å². The minimum absolute atomic E-state index is 0.245. The highest BCUT2D eigenvalue weighted by Crippen LogP contribution is 2.19. The number of aryl methyl sites for hydroxylation is 2. The van der Waals surface area contributed by atoms with Gasteiger partial charge in [0, 0.05) is 24.5 Å². The molecule has 1 aliphatic heterocycles. The van der Waals surface area contributed by atoms with Crippen LogP contribution < -0.4 is 15.0 Å². The fourth-order valence-electron chi connectivity index (χ4n) is 3.06. The van der Waals surface area contributed by atoms with Gasteiger partial charge in [-0.05, 0) is 49.7 Å². The zero-order chi connectivity index (χ0) is 20.6. The van der Waals surface area contributed by atoms with E-state index >= 15 is 0 Å². The number of carbonyl (C=O) groups excluding carboxylic acids is 2. The van der Waals surface area contributed by atoms with Crippen LogP contribution in [-0.4, -0.2) is 51.4 Å². The molecule has 29 heavy (non-hydrogen) atoms. The number of nitrogens with zero attached hydrogens (tertiary/aromatic N) is 1. The molecular weight excluding hydrogens is 372 g/mol. The first-order chi connectivity index (χ1) is 14.0. The third kappa shape index (κ3) is 6.22. The van der Waals surface area contributed by atoms with E-state index in [-0.39, 0.29) is 13.2 Å². The zero-order valence-electron chi connectivity index (χ0n) is 16.8. The Morgan fingerprint density at radius 1 is 1.03 bits per heavy atom. The third-order valence-electron chi connectivity index (χ3n) is 4.57. The summed E-state index contributed by atoms with van der Waals surface area (Å²) in [6.07, 6.45) is 0. The van der Waals surface area contributed by atoms with Gasteiger partial charge >= 0.3 is 5.97 Å². The van der Waals surface area contributed by atoms with E-state index in [4.69, 9.17) is 14.2 Å². The van der Waals surface area contributed by atoms with Crippen molar-refractivity contribution in [3.05, 3.63) is 53.6 Å². The lowest BCUT2D eigenvalue weighted by Gasteiger charge is -2.28. The molecule has 1 heterocycles. The van der Waals surface area contributed by atoms with Gasteiger partial charge in [0.2, 0.25) is 0 Å². The normalized spacial score (nSPS) is 13.7. The number of nitrogens with one attached hydrogen (secondary N) is 1. The maximum atomic E-state index is 12.0. The number of rotatable bonds is 7. The number of hydrogen-bond acceptors (Lipinski definition) is 6. The van der Waals surface area contributed by atoms with E-state index in [1.165, 1.54) is 0 Å². The molecule has 0 aromatic heterocycles. The number of benzene rings is 2. The van der Waals surface area contributed by atoms with Gasteiger partial charge in [-0.1, -0.05) is 17.7 Å². The second-order valence-electron chi connectivity index (χ2n) is 6.91. The van der Waals surface area contributed by atoms with Crippen LogP contribution in [0.5, 0.6) is 5.75 Å². The molecule has 0 atom stereocenters. The fraction of sp³-hybridized carbons (Fsp3) is 0.364. The molecule has 1 N–H and O–H groups in total. The highest BCUT2D eigenvalue weighted by molar-refractivity contribution is 5.93. The van der Waals surface area contributed by atoms with Crippen molar-refractivity contribution in [3.63, 3.8) is 0 Å². The average molecular weight is 398 g/mol. The maximum Gasteiger partial charge on any atom is 0.344 e. The molecule has 7 heteroatoms. The SMILES string of the molecule is Cc1ccc(OCC(=O)OCC(=O)Nc2ccc(N3CCOCC3)cc2)c(C)c1. The molecule has 0 aliphatic carbocycles. The molecule has 2 aromatic carbocycles. The van der Waals surface area contributed by atoms with Crippen LogP contribution in [0.25, 0.3) is 0 Å². The Kier molecular flexibility index (Phi) is 7.08. The van der Waals surface area contributed by atoms with E-state index in [1.807, 2.05) is 56.3 Å². The molecular formula is C22H26N2O5. The molecule has 154 valence electrons. The summed E-state index contributed by atoms with van der Waals surface area (Å²) >= 11 is 0. The standard InChI is InChI=1S/C22H26N2O5/c1-16-3-8-20(17(2)13-16)28-15-22(26)29-14-21(25)23-18-4-6-19(7-5-18)24-9-11-27-12-10-24/h3-8,13H,9-12,14-15H2,1-2H3,(H,23,25). The summed E-state index contributed by atoms with van der Waals surface area (Å²) in [7, 11) is 0. The first-order valence-corrected chi connectivity index (χ1v) is 9.59. The number of morpholine rings is 1. The lowest BCUT2D eigenvalue weighted by Crippen LogP contribution is -2.36. The molecule has 0 saturated carbocycles. The van der Waals surface area contributed by atoms with Crippen LogP contribution in [0.2, 0.25) is 0 Å². The van der Waals surface area contributed by atoms with Crippen LogP contribution in [0.4, 0.5) is 11.4 Å². The maximum absolute atomic E-state index is 12.0. The van der Waals surface area contributed by atoms with Gasteiger partial charge < -0.3 is 24.4 Å². The van der Waals surface area contributed by atoms with Crippen molar-refractivity contribution in [2.75, 3.05) is 49.7 Å². The Morgan fingerprint density at radius 3 is 2.45 bits per heavy atom. The molecule has 1 aliphatic rings. The number of ether oxygens (including phenoxy) is 3. The van der Waals surface area contributed by atoms with E-state index in [9.17, 15) is 9.59 Å². The molecule has 1 amide bonds. The van der Waals surface area contributed by atoms with Gasteiger partial charge in [0.15, 0.2) is 13.2 Å². The van der Waals surface area contributed by atoms with Crippen molar-refractivity contribution >= 4 is 23.3 Å². The zero-order valence-corrected chi connectivity index (χ0v) is 16.8. The molecule has 1 fully saturated rings. The summed E-state index contributed by atoms with van der Waals surface area (Å²) in [6.45, 7) is 6.43. The summed E-state index contributed by atoms with van der Waals surface area (Å²) in [4.78, 5) is 26.1. The predicted octanol–water partition coefficient (Wildman–Crippen LogP) is 2.70.